The van der Waals surface area contributed by atoms with Crippen LogP contribution in [-0.2, 0) is 25.3 Å². The molecule has 2 rings (SSSR count). The highest BCUT2D eigenvalue weighted by Crippen LogP contribution is 2.37. The summed E-state index contributed by atoms with van der Waals surface area (Å²) in [5, 5.41) is 12.0. The van der Waals surface area contributed by atoms with Crippen LogP contribution in [0.1, 0.15) is 54.0 Å². The van der Waals surface area contributed by atoms with Gasteiger partial charge in [0.25, 0.3) is 0 Å². The van der Waals surface area contributed by atoms with Crippen LogP contribution in [0.5, 0.6) is 5.75 Å². The fourth-order valence-electron chi connectivity index (χ4n) is 2.95. The first-order valence-corrected chi connectivity index (χ1v) is 9.90. The quantitative estimate of drug-likeness (QED) is 0.681. The van der Waals surface area contributed by atoms with Gasteiger partial charge in [0.1, 0.15) is 17.4 Å². The van der Waals surface area contributed by atoms with E-state index in [0.29, 0.717) is 16.8 Å². The highest BCUT2D eigenvalue weighted by atomic mass is 16.7. The van der Waals surface area contributed by atoms with Crippen molar-refractivity contribution in [2.24, 2.45) is 0 Å². The Balaban J connectivity index is 2.25. The minimum absolute atomic E-state index is 0.0606. The average Bonchev–Trinajstić information content (AvgIpc) is 2.80. The fourth-order valence-corrected chi connectivity index (χ4v) is 2.95. The molecule has 0 radical (unpaired) electrons. The van der Waals surface area contributed by atoms with Crippen LogP contribution in [0.4, 0.5) is 4.79 Å². The van der Waals surface area contributed by atoms with Gasteiger partial charge in [0, 0.05) is 11.9 Å². The van der Waals surface area contributed by atoms with Crippen LogP contribution in [-0.4, -0.2) is 54.2 Å². The number of nitrogens with one attached hydrogen (secondary N) is 1. The summed E-state index contributed by atoms with van der Waals surface area (Å²) >= 11 is 0. The molecular formula is C21H32BNO7. The second-order valence-electron chi connectivity index (χ2n) is 9.41. The minimum Gasteiger partial charge on any atom is -0.497 e. The van der Waals surface area contributed by atoms with Crippen molar-refractivity contribution in [2.75, 3.05) is 7.11 Å². The minimum atomic E-state index is -1.16. The first-order valence-electron chi connectivity index (χ1n) is 9.90. The number of amides is 1. The molecule has 0 unspecified atom stereocenters. The molecular weight excluding hydrogens is 389 g/mol. The van der Waals surface area contributed by atoms with Crippen LogP contribution in [0.15, 0.2) is 18.2 Å². The largest absolute Gasteiger partial charge is 0.498 e. The van der Waals surface area contributed by atoms with E-state index in [0.717, 1.165) is 0 Å². The zero-order valence-corrected chi connectivity index (χ0v) is 19.0. The van der Waals surface area contributed by atoms with Gasteiger partial charge in [0.2, 0.25) is 0 Å². The van der Waals surface area contributed by atoms with Crippen molar-refractivity contribution in [3.05, 3.63) is 23.8 Å². The van der Waals surface area contributed by atoms with Crippen LogP contribution >= 0.6 is 0 Å². The monoisotopic (exact) mass is 421 g/mol. The number of rotatable bonds is 6. The van der Waals surface area contributed by atoms with Gasteiger partial charge in [-0.05, 0) is 60.1 Å². The zero-order valence-electron chi connectivity index (χ0n) is 19.0. The Labute approximate surface area is 178 Å². The van der Waals surface area contributed by atoms with E-state index in [-0.39, 0.29) is 6.42 Å². The number of carboxylic acids is 1. The summed E-state index contributed by atoms with van der Waals surface area (Å²) < 4.78 is 22.8. The van der Waals surface area contributed by atoms with Crippen molar-refractivity contribution >= 4 is 24.6 Å². The van der Waals surface area contributed by atoms with E-state index in [2.05, 4.69) is 5.32 Å². The van der Waals surface area contributed by atoms with Gasteiger partial charge in [0.05, 0.1) is 18.3 Å². The third kappa shape index (κ3) is 5.67. The molecule has 0 aromatic heterocycles. The summed E-state index contributed by atoms with van der Waals surface area (Å²) in [7, 11) is 0.889. The molecule has 1 saturated heterocycles. The first kappa shape index (κ1) is 24.0. The Morgan fingerprint density at radius 2 is 1.73 bits per heavy atom. The number of carbonyl (C=O) groups is 2. The molecule has 0 aliphatic carbocycles. The van der Waals surface area contributed by atoms with Crippen molar-refractivity contribution in [3.8, 4) is 5.75 Å². The number of hydrogen-bond donors (Lipinski definition) is 2. The van der Waals surface area contributed by atoms with Gasteiger partial charge in [-0.3, -0.25) is 0 Å². The lowest BCUT2D eigenvalue weighted by Crippen LogP contribution is -2.45. The second-order valence-corrected chi connectivity index (χ2v) is 9.41. The fraction of sp³-hybridized carbons (Fsp3) is 0.619. The first-order chi connectivity index (χ1) is 13.6. The molecule has 166 valence electrons. The van der Waals surface area contributed by atoms with Gasteiger partial charge in [0.15, 0.2) is 0 Å². The van der Waals surface area contributed by atoms with Crippen LogP contribution in [0, 0.1) is 0 Å². The Bertz CT molecular complexity index is 785. The standard InChI is InChI=1S/C21H32BNO7/c1-19(2,3)28-18(26)23-15(17(24)25)12-13-9-10-16(27-8)14(11-13)22-29-20(4,5)21(6,7)30-22/h9-11,15H,12H2,1-8H3,(H,23,26)(H,24,25)/t15-/m0/s1. The lowest BCUT2D eigenvalue weighted by molar-refractivity contribution is -0.139. The van der Waals surface area contributed by atoms with Gasteiger partial charge in [-0.2, -0.15) is 0 Å². The summed E-state index contributed by atoms with van der Waals surface area (Å²) in [5.74, 6) is -0.585. The van der Waals surface area contributed by atoms with Crippen molar-refractivity contribution in [3.63, 3.8) is 0 Å². The number of aliphatic carboxylic acids is 1. The highest BCUT2D eigenvalue weighted by molar-refractivity contribution is 6.63. The van der Waals surface area contributed by atoms with Crippen molar-refractivity contribution in [1.29, 1.82) is 0 Å². The molecule has 9 heteroatoms. The van der Waals surface area contributed by atoms with Gasteiger partial charge in [-0.25, -0.2) is 9.59 Å². The molecule has 1 fully saturated rings. The lowest BCUT2D eigenvalue weighted by atomic mass is 9.77. The summed E-state index contributed by atoms with van der Waals surface area (Å²) in [5.41, 5.74) is -0.433. The molecule has 1 aromatic carbocycles. The van der Waals surface area contributed by atoms with E-state index in [1.54, 1.807) is 46.1 Å². The molecule has 1 amide bonds. The van der Waals surface area contributed by atoms with Gasteiger partial charge in [-0.15, -0.1) is 0 Å². The average molecular weight is 421 g/mol. The predicted molar refractivity (Wildman–Crippen MR) is 113 cm³/mol. The third-order valence-electron chi connectivity index (χ3n) is 5.23. The Morgan fingerprint density at radius 1 is 1.17 bits per heavy atom. The third-order valence-corrected chi connectivity index (χ3v) is 5.23. The molecule has 1 atom stereocenters. The van der Waals surface area contributed by atoms with E-state index in [4.69, 9.17) is 18.8 Å². The molecule has 2 N–H and O–H groups in total. The number of ether oxygens (including phenoxy) is 2. The number of carbonyl (C=O) groups excluding carboxylic acids is 1. The van der Waals surface area contributed by atoms with Gasteiger partial charge >= 0.3 is 19.2 Å². The zero-order chi connectivity index (χ0) is 22.9. The summed E-state index contributed by atoms with van der Waals surface area (Å²) in [6, 6.07) is 4.12. The molecule has 8 nitrogen and oxygen atoms in total. The Kier molecular flexibility index (Phi) is 6.78. The van der Waals surface area contributed by atoms with Gasteiger partial charge in [-0.1, -0.05) is 12.1 Å². The molecule has 0 saturated carbocycles. The predicted octanol–water partition coefficient (Wildman–Crippen LogP) is 2.51. The summed E-state index contributed by atoms with van der Waals surface area (Å²) in [4.78, 5) is 23.7. The topological polar surface area (TPSA) is 103 Å². The van der Waals surface area contributed by atoms with Crippen LogP contribution in [0.25, 0.3) is 0 Å². The number of carboxylic acid groups (broad SMARTS) is 1. The molecule has 1 heterocycles. The van der Waals surface area contributed by atoms with E-state index in [1.165, 1.54) is 0 Å². The maximum Gasteiger partial charge on any atom is 0.498 e. The van der Waals surface area contributed by atoms with Gasteiger partial charge < -0.3 is 29.2 Å². The van der Waals surface area contributed by atoms with E-state index < -0.39 is 42.0 Å². The maximum absolute atomic E-state index is 12.0. The Hall–Kier alpha value is -2.26. The Morgan fingerprint density at radius 3 is 2.20 bits per heavy atom. The van der Waals surface area contributed by atoms with Crippen molar-refractivity contribution in [1.82, 2.24) is 5.32 Å². The molecule has 1 aliphatic rings. The van der Waals surface area contributed by atoms with Crippen LogP contribution < -0.4 is 15.5 Å². The molecule has 1 aliphatic heterocycles. The normalized spacial score (nSPS) is 18.6. The lowest BCUT2D eigenvalue weighted by Gasteiger charge is -2.32. The number of alkyl carbamates (subject to hydrolysis) is 1. The van der Waals surface area contributed by atoms with Crippen LogP contribution in [0.3, 0.4) is 0 Å². The van der Waals surface area contributed by atoms with E-state index in [1.807, 2.05) is 27.7 Å². The smallest absolute Gasteiger partial charge is 0.497 e. The SMILES string of the molecule is COc1ccc(C[C@H](NC(=O)OC(C)(C)C)C(=O)O)cc1B1OC(C)(C)C(C)(C)O1. The van der Waals surface area contributed by atoms with Crippen molar-refractivity contribution < 1.29 is 33.5 Å². The van der Waals surface area contributed by atoms with Crippen LogP contribution in [0.2, 0.25) is 0 Å². The summed E-state index contributed by atoms with van der Waals surface area (Å²) in [6.07, 6.45) is -0.722. The number of benzene rings is 1. The molecule has 0 spiro atoms. The molecule has 1 aromatic rings. The molecule has 0 bridgehead atoms. The maximum atomic E-state index is 12.0. The highest BCUT2D eigenvalue weighted by Gasteiger charge is 2.52. The number of hydrogen-bond acceptors (Lipinski definition) is 6. The number of methoxy groups -OCH3 is 1. The summed E-state index contributed by atoms with van der Waals surface area (Å²) in [6.45, 7) is 12.9. The second kappa shape index (κ2) is 8.47. The van der Waals surface area contributed by atoms with E-state index >= 15 is 0 Å². The van der Waals surface area contributed by atoms with E-state index in [9.17, 15) is 14.7 Å². The molecule has 30 heavy (non-hydrogen) atoms. The van der Waals surface area contributed by atoms with Crippen molar-refractivity contribution in [2.45, 2.75) is 77.7 Å².